The van der Waals surface area contributed by atoms with E-state index < -0.39 is 16.1 Å². The molecule has 2 aromatic rings. The summed E-state index contributed by atoms with van der Waals surface area (Å²) in [7, 11) is -3.62. The second-order valence-electron chi connectivity index (χ2n) is 5.39. The first-order valence-corrected chi connectivity index (χ1v) is 11.7. The Morgan fingerprint density at radius 3 is 2.72 bits per heavy atom. The van der Waals surface area contributed by atoms with Crippen LogP contribution in [0.25, 0.3) is 0 Å². The highest BCUT2D eigenvalue weighted by atomic mass is 32.2. The van der Waals surface area contributed by atoms with E-state index in [4.69, 9.17) is 0 Å². The molecule has 1 aromatic carbocycles. The molecule has 1 amide bonds. The van der Waals surface area contributed by atoms with Gasteiger partial charge in [0.05, 0.1) is 23.5 Å². The molecule has 0 fully saturated rings. The molecule has 0 radical (unpaired) electrons. The van der Waals surface area contributed by atoms with Gasteiger partial charge in [0.2, 0.25) is 15.9 Å². The minimum Gasteiger partial charge on any atom is -0.349 e. The van der Waals surface area contributed by atoms with Crippen molar-refractivity contribution in [2.24, 2.45) is 0 Å². The van der Waals surface area contributed by atoms with Crippen molar-refractivity contribution in [2.75, 3.05) is 12.0 Å². The monoisotopic (exact) mass is 399 g/mol. The van der Waals surface area contributed by atoms with E-state index in [1.54, 1.807) is 41.5 Å². The number of nitrogens with zero attached hydrogens (tertiary/aromatic N) is 1. The van der Waals surface area contributed by atoms with E-state index in [2.05, 4.69) is 15.0 Å². The van der Waals surface area contributed by atoms with Crippen molar-refractivity contribution in [2.45, 2.75) is 24.8 Å². The number of rotatable bonds is 10. The number of carbonyl (C=O) groups excluding carboxylic acids is 1. The smallest absolute Gasteiger partial charge is 0.238 e. The molecule has 0 saturated heterocycles. The van der Waals surface area contributed by atoms with Gasteiger partial charge in [0.15, 0.2) is 0 Å². The van der Waals surface area contributed by atoms with Crippen LogP contribution in [0.5, 0.6) is 0 Å². The molecule has 9 heteroatoms. The van der Waals surface area contributed by atoms with E-state index in [0.717, 1.165) is 5.69 Å². The lowest BCUT2D eigenvalue weighted by Crippen LogP contribution is -2.47. The molecule has 1 atom stereocenters. The number of nitrogens with one attached hydrogen (secondary N) is 2. The number of aromatic nitrogens is 1. The number of thiazole rings is 1. The van der Waals surface area contributed by atoms with Crippen molar-refractivity contribution >= 4 is 39.0 Å². The van der Waals surface area contributed by atoms with Gasteiger partial charge in [0, 0.05) is 5.38 Å². The minimum absolute atomic E-state index is 0.150. The minimum atomic E-state index is -3.62. The fourth-order valence-corrected chi connectivity index (χ4v) is 4.56. The summed E-state index contributed by atoms with van der Waals surface area (Å²) in [6.07, 6.45) is 2.35. The summed E-state index contributed by atoms with van der Waals surface area (Å²) in [5.41, 5.74) is 3.13. The SMILES string of the molecule is CSCCC(NS(=O)(=O)Cc1ccccc1)C(=O)NCc1cscn1. The van der Waals surface area contributed by atoms with Crippen LogP contribution in [-0.4, -0.2) is 37.4 Å². The summed E-state index contributed by atoms with van der Waals surface area (Å²) in [4.78, 5) is 16.5. The molecule has 1 heterocycles. The Morgan fingerprint density at radius 1 is 1.32 bits per heavy atom. The number of sulfonamides is 1. The van der Waals surface area contributed by atoms with Gasteiger partial charge in [-0.05, 0) is 24.0 Å². The second kappa shape index (κ2) is 9.91. The van der Waals surface area contributed by atoms with Gasteiger partial charge < -0.3 is 5.32 Å². The van der Waals surface area contributed by atoms with Crippen LogP contribution < -0.4 is 10.0 Å². The predicted octanol–water partition coefficient (Wildman–Crippen LogP) is 2.00. The van der Waals surface area contributed by atoms with Crippen LogP contribution >= 0.6 is 23.1 Å². The quantitative estimate of drug-likeness (QED) is 0.638. The van der Waals surface area contributed by atoms with E-state index in [9.17, 15) is 13.2 Å². The Hall–Kier alpha value is -1.42. The van der Waals surface area contributed by atoms with Crippen LogP contribution in [0.3, 0.4) is 0 Å². The van der Waals surface area contributed by atoms with Crippen LogP contribution in [-0.2, 0) is 27.1 Å². The van der Waals surface area contributed by atoms with Gasteiger partial charge in [-0.25, -0.2) is 18.1 Å². The van der Waals surface area contributed by atoms with Gasteiger partial charge in [-0.2, -0.15) is 11.8 Å². The molecule has 6 nitrogen and oxygen atoms in total. The Morgan fingerprint density at radius 2 is 2.08 bits per heavy atom. The van der Waals surface area contributed by atoms with Gasteiger partial charge >= 0.3 is 0 Å². The molecule has 0 aliphatic rings. The van der Waals surface area contributed by atoms with Gasteiger partial charge in [0.25, 0.3) is 0 Å². The molecular formula is C16H21N3O3S3. The summed E-state index contributed by atoms with van der Waals surface area (Å²) in [5.74, 6) is 0.199. The molecule has 0 saturated carbocycles. The molecule has 136 valence electrons. The highest BCUT2D eigenvalue weighted by Crippen LogP contribution is 2.08. The maximum atomic E-state index is 12.4. The van der Waals surface area contributed by atoms with Crippen LogP contribution in [0.2, 0.25) is 0 Å². The molecule has 0 aliphatic carbocycles. The Bertz CT molecular complexity index is 749. The largest absolute Gasteiger partial charge is 0.349 e. The molecular weight excluding hydrogens is 378 g/mol. The molecule has 2 N–H and O–H groups in total. The van der Waals surface area contributed by atoms with Crippen LogP contribution in [0.4, 0.5) is 0 Å². The lowest BCUT2D eigenvalue weighted by Gasteiger charge is -2.18. The standard InChI is InChI=1S/C16H21N3O3S3/c1-23-8-7-15(16(20)17-9-14-10-24-12-18-14)19-25(21,22)11-13-5-3-2-4-6-13/h2-6,10,12,15,19H,7-9,11H2,1H3,(H,17,20). The van der Waals surface area contributed by atoms with Crippen LogP contribution in [0, 0.1) is 0 Å². The number of hydrogen-bond acceptors (Lipinski definition) is 6. The zero-order chi connectivity index (χ0) is 18.1. The molecule has 2 rings (SSSR count). The molecule has 1 aromatic heterocycles. The first-order valence-electron chi connectivity index (χ1n) is 7.68. The number of hydrogen-bond donors (Lipinski definition) is 2. The van der Waals surface area contributed by atoms with Crippen molar-refractivity contribution in [3.8, 4) is 0 Å². The summed E-state index contributed by atoms with van der Waals surface area (Å²) < 4.78 is 27.3. The zero-order valence-electron chi connectivity index (χ0n) is 13.8. The van der Waals surface area contributed by atoms with E-state index in [1.807, 2.05) is 17.7 Å². The fraction of sp³-hybridized carbons (Fsp3) is 0.375. The summed E-state index contributed by atoms with van der Waals surface area (Å²) >= 11 is 3.02. The normalized spacial score (nSPS) is 12.7. The third kappa shape index (κ3) is 7.15. The highest BCUT2D eigenvalue weighted by molar-refractivity contribution is 7.98. The maximum absolute atomic E-state index is 12.4. The van der Waals surface area contributed by atoms with E-state index in [1.165, 1.54) is 11.3 Å². The van der Waals surface area contributed by atoms with Gasteiger partial charge in [-0.1, -0.05) is 30.3 Å². The predicted molar refractivity (Wildman–Crippen MR) is 103 cm³/mol. The number of thioether (sulfide) groups is 1. The number of amides is 1. The van der Waals surface area contributed by atoms with E-state index in [-0.39, 0.29) is 11.7 Å². The molecule has 0 aliphatic heterocycles. The van der Waals surface area contributed by atoms with Gasteiger partial charge in [-0.3, -0.25) is 4.79 Å². The maximum Gasteiger partial charge on any atom is 0.238 e. The first-order chi connectivity index (χ1) is 12.0. The molecule has 1 unspecified atom stereocenters. The molecule has 25 heavy (non-hydrogen) atoms. The van der Waals surface area contributed by atoms with Crippen molar-refractivity contribution in [1.82, 2.24) is 15.0 Å². The van der Waals surface area contributed by atoms with Crippen molar-refractivity contribution in [1.29, 1.82) is 0 Å². The van der Waals surface area contributed by atoms with Crippen LogP contribution in [0.15, 0.2) is 41.2 Å². The lowest BCUT2D eigenvalue weighted by atomic mass is 10.2. The van der Waals surface area contributed by atoms with Crippen molar-refractivity contribution in [3.05, 3.63) is 52.5 Å². The van der Waals surface area contributed by atoms with Gasteiger partial charge in [-0.15, -0.1) is 11.3 Å². The van der Waals surface area contributed by atoms with Crippen molar-refractivity contribution < 1.29 is 13.2 Å². The van der Waals surface area contributed by atoms with Crippen molar-refractivity contribution in [3.63, 3.8) is 0 Å². The Kier molecular flexibility index (Phi) is 7.89. The zero-order valence-corrected chi connectivity index (χ0v) is 16.3. The van der Waals surface area contributed by atoms with E-state index >= 15 is 0 Å². The highest BCUT2D eigenvalue weighted by Gasteiger charge is 2.24. The summed E-state index contributed by atoms with van der Waals surface area (Å²) in [5, 5.41) is 4.59. The average molecular weight is 400 g/mol. The average Bonchev–Trinajstić information content (AvgIpc) is 3.10. The number of benzene rings is 1. The summed E-state index contributed by atoms with van der Waals surface area (Å²) in [6, 6.07) is 8.11. The molecule has 0 bridgehead atoms. The third-order valence-electron chi connectivity index (χ3n) is 3.38. The Balaban J connectivity index is 1.98. The van der Waals surface area contributed by atoms with E-state index in [0.29, 0.717) is 24.3 Å². The summed E-state index contributed by atoms with van der Waals surface area (Å²) in [6.45, 7) is 0.290. The van der Waals surface area contributed by atoms with Gasteiger partial charge in [0.1, 0.15) is 6.04 Å². The number of carbonyl (C=O) groups is 1. The lowest BCUT2D eigenvalue weighted by molar-refractivity contribution is -0.122. The van der Waals surface area contributed by atoms with Crippen LogP contribution in [0.1, 0.15) is 17.7 Å². The molecule has 0 spiro atoms. The third-order valence-corrected chi connectivity index (χ3v) is 6.01. The second-order valence-corrected chi connectivity index (χ2v) is 8.85. The fourth-order valence-electron chi connectivity index (χ4n) is 2.16. The first kappa shape index (κ1) is 19.9. The Labute approximate surface area is 156 Å². The topological polar surface area (TPSA) is 88.2 Å².